The summed E-state index contributed by atoms with van der Waals surface area (Å²) < 4.78 is 25.1. The zero-order chi connectivity index (χ0) is 18.5. The first-order valence-corrected chi connectivity index (χ1v) is 7.97. The first kappa shape index (κ1) is 17.5. The third-order valence-corrected chi connectivity index (χ3v) is 3.76. The van der Waals surface area contributed by atoms with Gasteiger partial charge in [0.15, 0.2) is 5.75 Å². The highest BCUT2D eigenvalue weighted by atomic mass is 19.1. The van der Waals surface area contributed by atoms with Crippen molar-refractivity contribution in [1.82, 2.24) is 9.78 Å². The first-order chi connectivity index (χ1) is 12.5. The van der Waals surface area contributed by atoms with Crippen LogP contribution in [0.3, 0.4) is 0 Å². The topological polar surface area (TPSA) is 65.4 Å². The van der Waals surface area contributed by atoms with Crippen LogP contribution in [0.15, 0.2) is 60.9 Å². The van der Waals surface area contributed by atoms with Crippen molar-refractivity contribution in [3.8, 4) is 17.2 Å². The zero-order valence-electron chi connectivity index (χ0n) is 14.3. The molecule has 7 heteroatoms. The van der Waals surface area contributed by atoms with Crippen LogP contribution in [0, 0.1) is 5.82 Å². The Morgan fingerprint density at radius 2 is 1.73 bits per heavy atom. The molecule has 1 N–H and O–H groups in total. The number of hydrogen-bond acceptors (Lipinski definition) is 4. The van der Waals surface area contributed by atoms with Crippen molar-refractivity contribution in [1.29, 1.82) is 0 Å². The summed E-state index contributed by atoms with van der Waals surface area (Å²) in [6, 6.07) is 12.2. The number of anilines is 1. The van der Waals surface area contributed by atoms with Crippen molar-refractivity contribution < 1.29 is 18.7 Å². The second-order valence-corrected chi connectivity index (χ2v) is 5.61. The maximum absolute atomic E-state index is 12.9. The van der Waals surface area contributed by atoms with Gasteiger partial charge in [-0.2, -0.15) is 5.10 Å². The molecule has 0 aliphatic carbocycles. The first-order valence-electron chi connectivity index (χ1n) is 7.97. The molecule has 0 fully saturated rings. The van der Waals surface area contributed by atoms with Gasteiger partial charge in [0.05, 0.1) is 19.5 Å². The lowest BCUT2D eigenvalue weighted by Gasteiger charge is -2.13. The number of ether oxygens (including phenoxy) is 2. The van der Waals surface area contributed by atoms with E-state index in [1.54, 1.807) is 44.5 Å². The number of carbonyl (C=O) groups is 1. The zero-order valence-corrected chi connectivity index (χ0v) is 14.3. The SMILES string of the molecule is COc1ccc(NC(=O)C(C)n2cc(Oc3ccc(F)cc3)cn2)cc1. The number of rotatable bonds is 6. The Kier molecular flexibility index (Phi) is 5.17. The number of aromatic nitrogens is 2. The van der Waals surface area contributed by atoms with Gasteiger partial charge in [-0.1, -0.05) is 0 Å². The fraction of sp³-hybridized carbons (Fsp3) is 0.158. The molecule has 0 aliphatic heterocycles. The normalized spacial score (nSPS) is 11.7. The van der Waals surface area contributed by atoms with Gasteiger partial charge in [-0.25, -0.2) is 4.39 Å². The van der Waals surface area contributed by atoms with Crippen molar-refractivity contribution in [2.45, 2.75) is 13.0 Å². The molecule has 1 amide bonds. The Morgan fingerprint density at radius 3 is 2.38 bits per heavy atom. The number of benzene rings is 2. The van der Waals surface area contributed by atoms with Crippen LogP contribution in [-0.2, 0) is 4.79 Å². The van der Waals surface area contributed by atoms with E-state index in [2.05, 4.69) is 10.4 Å². The number of methoxy groups -OCH3 is 1. The van der Waals surface area contributed by atoms with Gasteiger partial charge in [-0.3, -0.25) is 9.48 Å². The maximum atomic E-state index is 12.9. The predicted octanol–water partition coefficient (Wildman–Crippen LogP) is 4.02. The molecule has 26 heavy (non-hydrogen) atoms. The van der Waals surface area contributed by atoms with Gasteiger partial charge >= 0.3 is 0 Å². The Morgan fingerprint density at radius 1 is 1.08 bits per heavy atom. The van der Waals surface area contributed by atoms with Crippen LogP contribution in [-0.4, -0.2) is 22.8 Å². The van der Waals surface area contributed by atoms with Gasteiger partial charge in [0, 0.05) is 5.69 Å². The van der Waals surface area contributed by atoms with Crippen molar-refractivity contribution in [3.05, 3.63) is 66.7 Å². The molecule has 2 aromatic carbocycles. The number of hydrogen-bond donors (Lipinski definition) is 1. The van der Waals surface area contributed by atoms with Crippen molar-refractivity contribution in [3.63, 3.8) is 0 Å². The third kappa shape index (κ3) is 4.18. The monoisotopic (exact) mass is 355 g/mol. The summed E-state index contributed by atoms with van der Waals surface area (Å²) in [5, 5.41) is 6.98. The molecule has 6 nitrogen and oxygen atoms in total. The molecule has 1 unspecified atom stereocenters. The van der Waals surface area contributed by atoms with Gasteiger partial charge < -0.3 is 14.8 Å². The molecule has 3 aromatic rings. The summed E-state index contributed by atoms with van der Waals surface area (Å²) in [4.78, 5) is 12.4. The van der Waals surface area contributed by atoms with Gasteiger partial charge in [0.1, 0.15) is 23.4 Å². The molecule has 0 bridgehead atoms. The lowest BCUT2D eigenvalue weighted by Crippen LogP contribution is -2.23. The molecule has 1 atom stereocenters. The van der Waals surface area contributed by atoms with Gasteiger partial charge in [0.25, 0.3) is 0 Å². The highest BCUT2D eigenvalue weighted by Gasteiger charge is 2.17. The van der Waals surface area contributed by atoms with E-state index in [-0.39, 0.29) is 11.7 Å². The molecule has 1 aromatic heterocycles. The minimum Gasteiger partial charge on any atom is -0.497 e. The van der Waals surface area contributed by atoms with Crippen molar-refractivity contribution in [2.75, 3.05) is 12.4 Å². The van der Waals surface area contributed by atoms with E-state index in [4.69, 9.17) is 9.47 Å². The maximum Gasteiger partial charge on any atom is 0.248 e. The molecule has 0 saturated carbocycles. The molecular formula is C19H18FN3O3. The summed E-state index contributed by atoms with van der Waals surface area (Å²) in [6.07, 6.45) is 3.11. The molecule has 0 spiro atoms. The summed E-state index contributed by atoms with van der Waals surface area (Å²) >= 11 is 0. The molecule has 1 heterocycles. The molecule has 134 valence electrons. The minimum absolute atomic E-state index is 0.216. The lowest BCUT2D eigenvalue weighted by atomic mass is 10.2. The van der Waals surface area contributed by atoms with Crippen molar-refractivity contribution in [2.24, 2.45) is 0 Å². The molecule has 0 aliphatic rings. The van der Waals surface area contributed by atoms with E-state index >= 15 is 0 Å². The summed E-state index contributed by atoms with van der Waals surface area (Å²) in [5.41, 5.74) is 0.664. The Hall–Kier alpha value is -3.35. The highest BCUT2D eigenvalue weighted by molar-refractivity contribution is 5.93. The van der Waals surface area contributed by atoms with E-state index in [0.29, 0.717) is 22.9 Å². The summed E-state index contributed by atoms with van der Waals surface area (Å²) in [7, 11) is 1.58. The number of halogens is 1. The summed E-state index contributed by atoms with van der Waals surface area (Å²) in [6.45, 7) is 1.73. The Balaban J connectivity index is 1.63. The number of nitrogens with one attached hydrogen (secondary N) is 1. The average molecular weight is 355 g/mol. The van der Waals surface area contributed by atoms with E-state index in [1.165, 1.54) is 35.1 Å². The molecule has 0 saturated heterocycles. The van der Waals surface area contributed by atoms with Crippen LogP contribution in [0.4, 0.5) is 10.1 Å². The van der Waals surface area contributed by atoms with Crippen LogP contribution in [0.5, 0.6) is 17.2 Å². The van der Waals surface area contributed by atoms with Crippen molar-refractivity contribution >= 4 is 11.6 Å². The Labute approximate surface area is 150 Å². The van der Waals surface area contributed by atoms with E-state index in [9.17, 15) is 9.18 Å². The van der Waals surface area contributed by atoms with E-state index < -0.39 is 6.04 Å². The van der Waals surface area contributed by atoms with E-state index in [1.807, 2.05) is 0 Å². The van der Waals surface area contributed by atoms with Gasteiger partial charge in [-0.15, -0.1) is 0 Å². The minimum atomic E-state index is -0.539. The third-order valence-electron chi connectivity index (χ3n) is 3.76. The standard InChI is InChI=1S/C19H18FN3O3/c1-13(19(24)22-15-5-9-16(25-2)10-6-15)23-12-18(11-21-23)26-17-7-3-14(20)4-8-17/h3-13H,1-2H3,(H,22,24). The summed E-state index contributed by atoms with van der Waals surface area (Å²) in [5.74, 6) is 1.11. The molecular weight excluding hydrogens is 337 g/mol. The fourth-order valence-corrected chi connectivity index (χ4v) is 2.27. The number of nitrogens with zero attached hydrogens (tertiary/aromatic N) is 2. The molecule has 3 rings (SSSR count). The van der Waals surface area contributed by atoms with Gasteiger partial charge in [-0.05, 0) is 55.5 Å². The number of amides is 1. The Bertz CT molecular complexity index is 876. The molecule has 0 radical (unpaired) electrons. The average Bonchev–Trinajstić information content (AvgIpc) is 3.12. The van der Waals surface area contributed by atoms with Crippen LogP contribution in [0.1, 0.15) is 13.0 Å². The second kappa shape index (κ2) is 7.69. The quantitative estimate of drug-likeness (QED) is 0.725. The smallest absolute Gasteiger partial charge is 0.248 e. The van der Waals surface area contributed by atoms with Crippen LogP contribution >= 0.6 is 0 Å². The van der Waals surface area contributed by atoms with Crippen LogP contribution in [0.2, 0.25) is 0 Å². The van der Waals surface area contributed by atoms with Gasteiger partial charge in [0.2, 0.25) is 5.91 Å². The highest BCUT2D eigenvalue weighted by Crippen LogP contribution is 2.22. The van der Waals surface area contributed by atoms with E-state index in [0.717, 1.165) is 0 Å². The van der Waals surface area contributed by atoms with Crippen LogP contribution < -0.4 is 14.8 Å². The fourth-order valence-electron chi connectivity index (χ4n) is 2.27. The van der Waals surface area contributed by atoms with Crippen LogP contribution in [0.25, 0.3) is 0 Å². The second-order valence-electron chi connectivity index (χ2n) is 5.61. The number of carbonyl (C=O) groups excluding carboxylic acids is 1. The lowest BCUT2D eigenvalue weighted by molar-refractivity contribution is -0.119. The largest absolute Gasteiger partial charge is 0.497 e. The predicted molar refractivity (Wildman–Crippen MR) is 95.0 cm³/mol.